The van der Waals surface area contributed by atoms with Gasteiger partial charge < -0.3 is 10.0 Å². The number of hydrogen-bond acceptors (Lipinski definition) is 2. The van der Waals surface area contributed by atoms with Crippen molar-refractivity contribution in [3.05, 3.63) is 33.8 Å². The van der Waals surface area contributed by atoms with Gasteiger partial charge in [0.25, 0.3) is 0 Å². The maximum atomic E-state index is 13.0. The van der Waals surface area contributed by atoms with Gasteiger partial charge in [0.05, 0.1) is 12.0 Å². The maximum absolute atomic E-state index is 13.0. The van der Waals surface area contributed by atoms with Gasteiger partial charge in [-0.2, -0.15) is 0 Å². The molecule has 24 heavy (non-hydrogen) atoms. The van der Waals surface area contributed by atoms with Gasteiger partial charge in [-0.05, 0) is 56.2 Å². The van der Waals surface area contributed by atoms with E-state index in [1.807, 2.05) is 11.0 Å². The SMILES string of the molecule is Cc1cc(C2CCCN2C(=O)C2CCCC(C(=O)O)C2)ccc1Br. The molecule has 4 nitrogen and oxygen atoms in total. The van der Waals surface area contributed by atoms with Crippen LogP contribution in [0.1, 0.15) is 55.7 Å². The van der Waals surface area contributed by atoms with Gasteiger partial charge in [-0.1, -0.05) is 34.5 Å². The number of aliphatic carboxylic acids is 1. The first-order valence-electron chi connectivity index (χ1n) is 8.76. The summed E-state index contributed by atoms with van der Waals surface area (Å²) in [6.07, 6.45) is 4.86. The number of benzene rings is 1. The lowest BCUT2D eigenvalue weighted by molar-refractivity contribution is -0.145. The third-order valence-corrected chi connectivity index (χ3v) is 6.37. The molecular formula is C19H24BrNO3. The quantitative estimate of drug-likeness (QED) is 0.831. The normalized spacial score (nSPS) is 27.2. The van der Waals surface area contributed by atoms with E-state index in [1.54, 1.807) is 0 Å². The van der Waals surface area contributed by atoms with Crippen molar-refractivity contribution in [2.75, 3.05) is 6.54 Å². The molecule has 1 aromatic rings. The Bertz CT molecular complexity index is 645. The number of carboxylic acids is 1. The number of hydrogen-bond donors (Lipinski definition) is 1. The van der Waals surface area contributed by atoms with E-state index >= 15 is 0 Å². The van der Waals surface area contributed by atoms with Gasteiger partial charge in [0.2, 0.25) is 5.91 Å². The average molecular weight is 394 g/mol. The van der Waals surface area contributed by atoms with Crippen LogP contribution < -0.4 is 0 Å². The Morgan fingerprint density at radius 2 is 1.92 bits per heavy atom. The standard InChI is InChI=1S/C19H24BrNO3/c1-12-10-13(7-8-16(12)20)17-6-3-9-21(17)18(22)14-4-2-5-15(11-14)19(23)24/h7-8,10,14-15,17H,2-6,9,11H2,1H3,(H,23,24). The van der Waals surface area contributed by atoms with Gasteiger partial charge in [0, 0.05) is 16.9 Å². The van der Waals surface area contributed by atoms with Crippen molar-refractivity contribution in [1.82, 2.24) is 4.90 Å². The highest BCUT2D eigenvalue weighted by Gasteiger charge is 2.37. The second-order valence-corrected chi connectivity index (χ2v) is 7.95. The molecule has 130 valence electrons. The van der Waals surface area contributed by atoms with E-state index in [0.29, 0.717) is 12.8 Å². The molecule has 1 N–H and O–H groups in total. The number of carbonyl (C=O) groups is 2. The van der Waals surface area contributed by atoms with Gasteiger partial charge in [-0.3, -0.25) is 9.59 Å². The molecular weight excluding hydrogens is 370 g/mol. The van der Waals surface area contributed by atoms with E-state index < -0.39 is 5.97 Å². The number of likely N-dealkylation sites (tertiary alicyclic amines) is 1. The molecule has 2 fully saturated rings. The average Bonchev–Trinajstić information content (AvgIpc) is 3.06. The molecule has 1 aliphatic carbocycles. The van der Waals surface area contributed by atoms with E-state index in [-0.39, 0.29) is 23.8 Å². The third-order valence-electron chi connectivity index (χ3n) is 5.48. The van der Waals surface area contributed by atoms with Crippen molar-refractivity contribution in [3.8, 4) is 0 Å². The first-order valence-corrected chi connectivity index (χ1v) is 9.56. The molecule has 5 heteroatoms. The Kier molecular flexibility index (Phi) is 5.28. The van der Waals surface area contributed by atoms with Crippen molar-refractivity contribution < 1.29 is 14.7 Å². The van der Waals surface area contributed by atoms with Crippen LogP contribution in [0.15, 0.2) is 22.7 Å². The molecule has 2 aliphatic rings. The van der Waals surface area contributed by atoms with Crippen molar-refractivity contribution in [3.63, 3.8) is 0 Å². The summed E-state index contributed by atoms with van der Waals surface area (Å²) in [7, 11) is 0. The van der Waals surface area contributed by atoms with Gasteiger partial charge in [0.1, 0.15) is 0 Å². The highest BCUT2D eigenvalue weighted by molar-refractivity contribution is 9.10. The highest BCUT2D eigenvalue weighted by Crippen LogP contribution is 2.38. The first-order chi connectivity index (χ1) is 11.5. The van der Waals surface area contributed by atoms with Crippen LogP contribution in [-0.2, 0) is 9.59 Å². The summed E-state index contributed by atoms with van der Waals surface area (Å²) in [6, 6.07) is 6.43. The van der Waals surface area contributed by atoms with Crippen LogP contribution in [0.25, 0.3) is 0 Å². The minimum atomic E-state index is -0.756. The number of amides is 1. The molecule has 3 rings (SSSR count). The molecule has 3 unspecified atom stereocenters. The summed E-state index contributed by atoms with van der Waals surface area (Å²) >= 11 is 3.53. The number of carbonyl (C=O) groups excluding carboxylic acids is 1. The first kappa shape index (κ1) is 17.5. The zero-order chi connectivity index (χ0) is 17.3. The number of carboxylic acid groups (broad SMARTS) is 1. The van der Waals surface area contributed by atoms with Crippen LogP contribution in [0.5, 0.6) is 0 Å². The van der Waals surface area contributed by atoms with Crippen LogP contribution in [0, 0.1) is 18.8 Å². The third kappa shape index (κ3) is 3.51. The number of rotatable bonds is 3. The number of halogens is 1. The smallest absolute Gasteiger partial charge is 0.306 e. The fourth-order valence-electron chi connectivity index (χ4n) is 4.13. The van der Waals surface area contributed by atoms with Crippen molar-refractivity contribution in [2.24, 2.45) is 11.8 Å². The van der Waals surface area contributed by atoms with Crippen LogP contribution >= 0.6 is 15.9 Å². The molecule has 0 bridgehead atoms. The Morgan fingerprint density at radius 3 is 2.62 bits per heavy atom. The molecule has 0 aromatic heterocycles. The summed E-state index contributed by atoms with van der Waals surface area (Å²) in [5.74, 6) is -1.08. The van der Waals surface area contributed by atoms with Gasteiger partial charge in [-0.15, -0.1) is 0 Å². The van der Waals surface area contributed by atoms with Crippen LogP contribution in [0.2, 0.25) is 0 Å². The molecule has 1 amide bonds. The summed E-state index contributed by atoms with van der Waals surface area (Å²) in [5, 5.41) is 9.26. The van der Waals surface area contributed by atoms with Crippen LogP contribution in [-0.4, -0.2) is 28.4 Å². The molecule has 1 aromatic carbocycles. The Balaban J connectivity index is 1.76. The van der Waals surface area contributed by atoms with E-state index in [9.17, 15) is 14.7 Å². The molecule has 0 radical (unpaired) electrons. The molecule has 1 saturated heterocycles. The topological polar surface area (TPSA) is 57.6 Å². The summed E-state index contributed by atoms with van der Waals surface area (Å²) in [6.45, 7) is 2.85. The van der Waals surface area contributed by atoms with E-state index in [4.69, 9.17) is 0 Å². The lowest BCUT2D eigenvalue weighted by atomic mass is 9.80. The Hall–Kier alpha value is -1.36. The Labute approximate surface area is 151 Å². The molecule has 1 heterocycles. The van der Waals surface area contributed by atoms with E-state index in [0.717, 1.165) is 36.7 Å². The predicted molar refractivity (Wildman–Crippen MR) is 95.7 cm³/mol. The largest absolute Gasteiger partial charge is 0.481 e. The molecule has 1 aliphatic heterocycles. The van der Waals surface area contributed by atoms with Gasteiger partial charge >= 0.3 is 5.97 Å². The minimum Gasteiger partial charge on any atom is -0.481 e. The van der Waals surface area contributed by atoms with Gasteiger partial charge in [0.15, 0.2) is 0 Å². The van der Waals surface area contributed by atoms with E-state index in [2.05, 4.69) is 35.0 Å². The molecule has 0 spiro atoms. The van der Waals surface area contributed by atoms with Crippen molar-refractivity contribution >= 4 is 27.8 Å². The number of aryl methyl sites for hydroxylation is 1. The summed E-state index contributed by atoms with van der Waals surface area (Å²) < 4.78 is 1.08. The summed E-state index contributed by atoms with van der Waals surface area (Å²) in [5.41, 5.74) is 2.36. The van der Waals surface area contributed by atoms with Crippen molar-refractivity contribution in [2.45, 2.75) is 51.5 Å². The second-order valence-electron chi connectivity index (χ2n) is 7.10. The highest BCUT2D eigenvalue weighted by atomic mass is 79.9. The fourth-order valence-corrected chi connectivity index (χ4v) is 4.37. The minimum absolute atomic E-state index is 0.128. The lowest BCUT2D eigenvalue weighted by Gasteiger charge is -2.32. The maximum Gasteiger partial charge on any atom is 0.306 e. The molecule has 3 atom stereocenters. The van der Waals surface area contributed by atoms with Crippen LogP contribution in [0.3, 0.4) is 0 Å². The summed E-state index contributed by atoms with van der Waals surface area (Å²) in [4.78, 5) is 26.3. The van der Waals surface area contributed by atoms with Crippen molar-refractivity contribution in [1.29, 1.82) is 0 Å². The fraction of sp³-hybridized carbons (Fsp3) is 0.579. The second kappa shape index (κ2) is 7.26. The molecule has 1 saturated carbocycles. The van der Waals surface area contributed by atoms with Crippen LogP contribution in [0.4, 0.5) is 0 Å². The van der Waals surface area contributed by atoms with Gasteiger partial charge in [-0.25, -0.2) is 0 Å². The zero-order valence-corrected chi connectivity index (χ0v) is 15.6. The Morgan fingerprint density at radius 1 is 1.17 bits per heavy atom. The van der Waals surface area contributed by atoms with E-state index in [1.165, 1.54) is 11.1 Å². The monoisotopic (exact) mass is 393 g/mol. The zero-order valence-electron chi connectivity index (χ0n) is 14.0. The predicted octanol–water partition coefficient (Wildman–Crippen LogP) is 4.31. The number of nitrogens with zero attached hydrogens (tertiary/aromatic N) is 1. The lowest BCUT2D eigenvalue weighted by Crippen LogP contribution is -2.38.